The molecule has 4 N–H and O–H groups in total. The monoisotopic (exact) mass is 366 g/mol. The molecule has 2 atom stereocenters. The minimum Gasteiger partial charge on any atom is -0.383 e. The van der Waals surface area contributed by atoms with Gasteiger partial charge < -0.3 is 16.4 Å². The van der Waals surface area contributed by atoms with Gasteiger partial charge in [-0.2, -0.15) is 0 Å². The van der Waals surface area contributed by atoms with Crippen LogP contribution in [-0.2, 0) is 6.42 Å². The lowest BCUT2D eigenvalue weighted by atomic mass is 9.98. The fraction of sp³-hybridized carbons (Fsp3) is 0.450. The van der Waals surface area contributed by atoms with Crippen molar-refractivity contribution >= 4 is 17.5 Å². The molecule has 142 valence electrons. The first-order valence-corrected chi connectivity index (χ1v) is 9.68. The second-order valence-electron chi connectivity index (χ2n) is 7.14. The van der Waals surface area contributed by atoms with E-state index in [-0.39, 0.29) is 6.03 Å². The number of hydrogen-bond donors (Lipinski definition) is 3. The molecule has 1 fully saturated rings. The van der Waals surface area contributed by atoms with E-state index < -0.39 is 0 Å². The van der Waals surface area contributed by atoms with Gasteiger partial charge in [0.1, 0.15) is 5.82 Å². The number of anilines is 2. The van der Waals surface area contributed by atoms with Gasteiger partial charge in [0.05, 0.1) is 5.69 Å². The molecule has 0 spiro atoms. The van der Waals surface area contributed by atoms with Gasteiger partial charge in [-0.3, -0.25) is 4.90 Å². The first kappa shape index (κ1) is 17.7. The van der Waals surface area contributed by atoms with Gasteiger partial charge in [0.2, 0.25) is 0 Å². The maximum absolute atomic E-state index is 11.6. The van der Waals surface area contributed by atoms with Gasteiger partial charge >= 0.3 is 6.03 Å². The quantitative estimate of drug-likeness (QED) is 0.773. The van der Waals surface area contributed by atoms with Crippen molar-refractivity contribution in [2.45, 2.75) is 45.2 Å². The van der Waals surface area contributed by atoms with Crippen LogP contribution in [0, 0.1) is 0 Å². The molecule has 1 aromatic carbocycles. The van der Waals surface area contributed by atoms with E-state index in [0.29, 0.717) is 30.3 Å². The number of nitrogens with zero attached hydrogens (tertiary/aromatic N) is 3. The van der Waals surface area contributed by atoms with E-state index in [1.807, 2.05) is 31.2 Å². The van der Waals surface area contributed by atoms with Crippen LogP contribution in [0.25, 0.3) is 11.4 Å². The van der Waals surface area contributed by atoms with Crippen molar-refractivity contribution in [2.24, 2.45) is 0 Å². The van der Waals surface area contributed by atoms with Crippen molar-refractivity contribution in [3.8, 4) is 11.4 Å². The molecule has 7 heteroatoms. The van der Waals surface area contributed by atoms with Gasteiger partial charge in [-0.1, -0.05) is 6.92 Å². The summed E-state index contributed by atoms with van der Waals surface area (Å²) < 4.78 is 0. The fourth-order valence-corrected chi connectivity index (χ4v) is 4.39. The average Bonchev–Trinajstić information content (AvgIpc) is 2.94. The second-order valence-corrected chi connectivity index (χ2v) is 7.14. The predicted molar refractivity (Wildman–Crippen MR) is 106 cm³/mol. The number of fused-ring (bicyclic) bond motifs is 4. The molecule has 1 saturated heterocycles. The Labute approximate surface area is 159 Å². The van der Waals surface area contributed by atoms with Gasteiger partial charge in [0, 0.05) is 41.9 Å². The molecule has 1 aromatic heterocycles. The topological polar surface area (TPSA) is 96.2 Å². The Morgan fingerprint density at radius 3 is 2.70 bits per heavy atom. The van der Waals surface area contributed by atoms with Gasteiger partial charge in [-0.05, 0) is 50.6 Å². The van der Waals surface area contributed by atoms with E-state index in [2.05, 4.69) is 27.4 Å². The highest BCUT2D eigenvalue weighted by molar-refractivity contribution is 5.89. The summed E-state index contributed by atoms with van der Waals surface area (Å²) in [5.41, 5.74) is 10.2. The fourth-order valence-electron chi connectivity index (χ4n) is 4.39. The smallest absolute Gasteiger partial charge is 0.319 e. The molecule has 2 bridgehead atoms. The Hall–Kier alpha value is -2.67. The van der Waals surface area contributed by atoms with Crippen LogP contribution in [0.5, 0.6) is 0 Å². The predicted octanol–water partition coefficient (Wildman–Crippen LogP) is 2.95. The molecule has 27 heavy (non-hydrogen) atoms. The molecule has 7 nitrogen and oxygen atoms in total. The number of carbonyl (C=O) groups excluding carboxylic acids is 1. The van der Waals surface area contributed by atoms with E-state index in [0.717, 1.165) is 41.9 Å². The van der Waals surface area contributed by atoms with Crippen LogP contribution in [0.1, 0.15) is 44.0 Å². The number of benzene rings is 1. The van der Waals surface area contributed by atoms with Crippen LogP contribution in [0.2, 0.25) is 0 Å². The molecule has 3 heterocycles. The Morgan fingerprint density at radius 2 is 2.00 bits per heavy atom. The second kappa shape index (κ2) is 7.15. The number of likely N-dealkylation sites (N-methyl/N-ethyl adjacent to an activating group) is 1. The highest BCUT2D eigenvalue weighted by Crippen LogP contribution is 2.45. The Balaban J connectivity index is 1.60. The number of amides is 2. The van der Waals surface area contributed by atoms with Gasteiger partial charge in [-0.15, -0.1) is 0 Å². The number of nitrogens with one attached hydrogen (secondary N) is 2. The summed E-state index contributed by atoms with van der Waals surface area (Å²) in [7, 11) is 0. The number of rotatable bonds is 4. The SMILES string of the molecule is CCNC(=O)Nc1ccc(-c2nc(N)c3c(n2)CC2CCC3N2CC)cc1. The highest BCUT2D eigenvalue weighted by atomic mass is 16.2. The Bertz CT molecular complexity index is 850. The maximum Gasteiger partial charge on any atom is 0.319 e. The molecule has 2 aromatic rings. The number of nitrogen functional groups attached to an aromatic ring is 1. The summed E-state index contributed by atoms with van der Waals surface area (Å²) in [6.45, 7) is 5.71. The normalized spacial score (nSPS) is 21.0. The zero-order valence-corrected chi connectivity index (χ0v) is 15.8. The summed E-state index contributed by atoms with van der Waals surface area (Å²) >= 11 is 0. The first-order valence-electron chi connectivity index (χ1n) is 9.68. The lowest BCUT2D eigenvalue weighted by Crippen LogP contribution is -2.38. The number of nitrogens with two attached hydrogens (primary N) is 1. The van der Waals surface area contributed by atoms with Crippen LogP contribution in [-0.4, -0.2) is 40.0 Å². The van der Waals surface area contributed by atoms with Gasteiger partial charge in [0.25, 0.3) is 0 Å². The van der Waals surface area contributed by atoms with Crippen molar-refractivity contribution in [1.29, 1.82) is 0 Å². The summed E-state index contributed by atoms with van der Waals surface area (Å²) in [4.78, 5) is 23.6. The molecule has 0 aliphatic carbocycles. The van der Waals surface area contributed by atoms with Crippen LogP contribution in [0.4, 0.5) is 16.3 Å². The summed E-state index contributed by atoms with van der Waals surface area (Å²) in [6, 6.07) is 8.25. The third-order valence-electron chi connectivity index (χ3n) is 5.56. The van der Waals surface area contributed by atoms with Crippen molar-refractivity contribution < 1.29 is 4.79 Å². The molecule has 2 unspecified atom stereocenters. The molecule has 2 aliphatic rings. The van der Waals surface area contributed by atoms with Gasteiger partial charge in [-0.25, -0.2) is 14.8 Å². The number of hydrogen-bond acceptors (Lipinski definition) is 5. The molecular formula is C20H26N6O. The van der Waals surface area contributed by atoms with E-state index in [1.165, 1.54) is 6.42 Å². The molecule has 0 saturated carbocycles. The zero-order chi connectivity index (χ0) is 19.0. The van der Waals surface area contributed by atoms with E-state index >= 15 is 0 Å². The zero-order valence-electron chi connectivity index (χ0n) is 15.8. The molecule has 2 amide bonds. The molecule has 2 aliphatic heterocycles. The lowest BCUT2D eigenvalue weighted by Gasteiger charge is -2.35. The van der Waals surface area contributed by atoms with Crippen molar-refractivity contribution in [3.05, 3.63) is 35.5 Å². The number of urea groups is 1. The van der Waals surface area contributed by atoms with E-state index in [9.17, 15) is 4.79 Å². The molecular weight excluding hydrogens is 340 g/mol. The Kier molecular flexibility index (Phi) is 4.70. The minimum atomic E-state index is -0.213. The largest absolute Gasteiger partial charge is 0.383 e. The van der Waals surface area contributed by atoms with Crippen LogP contribution in [0.3, 0.4) is 0 Å². The third kappa shape index (κ3) is 3.23. The minimum absolute atomic E-state index is 0.213. The summed E-state index contributed by atoms with van der Waals surface area (Å²) in [6.07, 6.45) is 3.28. The highest BCUT2D eigenvalue weighted by Gasteiger charge is 2.41. The van der Waals surface area contributed by atoms with Crippen molar-refractivity contribution in [1.82, 2.24) is 20.2 Å². The number of carbonyl (C=O) groups is 1. The van der Waals surface area contributed by atoms with Crippen LogP contribution < -0.4 is 16.4 Å². The Morgan fingerprint density at radius 1 is 1.22 bits per heavy atom. The average molecular weight is 366 g/mol. The maximum atomic E-state index is 11.6. The van der Waals surface area contributed by atoms with Crippen LogP contribution >= 0.6 is 0 Å². The lowest BCUT2D eigenvalue weighted by molar-refractivity contribution is 0.186. The molecule has 0 radical (unpaired) electrons. The van der Waals surface area contributed by atoms with Crippen molar-refractivity contribution in [3.63, 3.8) is 0 Å². The van der Waals surface area contributed by atoms with Gasteiger partial charge in [0.15, 0.2) is 5.82 Å². The van der Waals surface area contributed by atoms with E-state index in [4.69, 9.17) is 10.7 Å². The summed E-state index contributed by atoms with van der Waals surface area (Å²) in [5.74, 6) is 1.25. The molecule has 4 rings (SSSR count). The standard InChI is InChI=1S/C20H26N6O/c1-3-22-20(27)23-13-7-5-12(6-8-13)19-24-15-11-14-9-10-16(26(14)4-2)17(15)18(21)25-19/h5-8,14,16H,3-4,9-11H2,1-2H3,(H2,21,24,25)(H2,22,23,27). The third-order valence-corrected chi connectivity index (χ3v) is 5.56. The van der Waals surface area contributed by atoms with Crippen molar-refractivity contribution in [2.75, 3.05) is 24.1 Å². The summed E-state index contributed by atoms with van der Waals surface area (Å²) in [5, 5.41) is 5.50. The van der Waals surface area contributed by atoms with Crippen LogP contribution in [0.15, 0.2) is 24.3 Å². The number of aromatic nitrogens is 2. The first-order chi connectivity index (χ1) is 13.1. The van der Waals surface area contributed by atoms with E-state index in [1.54, 1.807) is 0 Å².